The number of nitrogens with one attached hydrogen (secondary N) is 3. The summed E-state index contributed by atoms with van der Waals surface area (Å²) in [5, 5.41) is 29.2. The second kappa shape index (κ2) is 16.3. The molecular weight excluding hydrogens is 694 g/mol. The monoisotopic (exact) mass is 739 g/mol. The van der Waals surface area contributed by atoms with Crippen LogP contribution in [0.4, 0.5) is 11.4 Å². The van der Waals surface area contributed by atoms with Gasteiger partial charge in [0.25, 0.3) is 11.8 Å². The second-order valence-corrected chi connectivity index (χ2v) is 14.2. The number of imidazole rings is 2. The van der Waals surface area contributed by atoms with Gasteiger partial charge in [0, 0.05) is 62.7 Å². The zero-order chi connectivity index (χ0) is 37.8. The molecule has 53 heavy (non-hydrogen) atoms. The maximum Gasteiger partial charge on any atom is 0.306 e. The largest absolute Gasteiger partial charge is 0.481 e. The molecule has 14 heteroatoms. The number of carboxylic acids is 1. The number of nitrogens with zero attached hydrogens (tertiary/aromatic N) is 6. The molecule has 0 atom stereocenters. The number of benzene rings is 2. The van der Waals surface area contributed by atoms with Gasteiger partial charge in [0.15, 0.2) is 11.6 Å². The van der Waals surface area contributed by atoms with Crippen molar-refractivity contribution in [3.63, 3.8) is 0 Å². The van der Waals surface area contributed by atoms with E-state index in [1.807, 2.05) is 18.5 Å². The quantitative estimate of drug-likeness (QED) is 0.141. The minimum absolute atomic E-state index is 0.216. The first-order valence-corrected chi connectivity index (χ1v) is 18.6. The van der Waals surface area contributed by atoms with E-state index in [2.05, 4.69) is 38.8 Å². The van der Waals surface area contributed by atoms with Gasteiger partial charge < -0.3 is 30.2 Å². The van der Waals surface area contributed by atoms with Crippen LogP contribution in [0.1, 0.15) is 89.1 Å². The lowest BCUT2D eigenvalue weighted by Gasteiger charge is -2.26. The third-order valence-corrected chi connectivity index (χ3v) is 11.1. The number of aliphatic carboxylic acids is 1. The van der Waals surface area contributed by atoms with Crippen LogP contribution in [0.25, 0.3) is 11.1 Å². The lowest BCUT2D eigenvalue weighted by molar-refractivity contribution is -0.143. The van der Waals surface area contributed by atoms with Crippen LogP contribution in [0.5, 0.6) is 0 Å². The van der Waals surface area contributed by atoms with Crippen LogP contribution >= 0.6 is 11.6 Å². The fraction of sp³-hybridized carbons (Fsp3) is 0.436. The fourth-order valence-electron chi connectivity index (χ4n) is 7.63. The summed E-state index contributed by atoms with van der Waals surface area (Å²) in [5.41, 5.74) is 5.55. The summed E-state index contributed by atoms with van der Waals surface area (Å²) in [5.74, 6) is -0.874. The van der Waals surface area contributed by atoms with Crippen LogP contribution < -0.4 is 16.0 Å². The summed E-state index contributed by atoms with van der Waals surface area (Å²) in [6.07, 6.45) is 4.62. The lowest BCUT2D eigenvalue weighted by Crippen LogP contribution is -2.30. The van der Waals surface area contributed by atoms with Crippen molar-refractivity contribution in [2.45, 2.75) is 65.5 Å². The first-order valence-electron chi connectivity index (χ1n) is 18.2. The molecule has 278 valence electrons. The van der Waals surface area contributed by atoms with Gasteiger partial charge in [0.1, 0.15) is 6.07 Å². The van der Waals surface area contributed by atoms with Crippen LogP contribution in [0.3, 0.4) is 0 Å². The van der Waals surface area contributed by atoms with Crippen LogP contribution in [0.15, 0.2) is 36.4 Å². The Balaban J connectivity index is 1.17. The molecule has 1 aliphatic carbocycles. The molecule has 2 aromatic carbocycles. The van der Waals surface area contributed by atoms with Gasteiger partial charge in [-0.05, 0) is 63.2 Å². The molecule has 4 N–H and O–H groups in total. The lowest BCUT2D eigenvalue weighted by atomic mass is 9.82. The zero-order valence-corrected chi connectivity index (χ0v) is 31.4. The highest BCUT2D eigenvalue weighted by atomic mass is 35.5. The highest BCUT2D eigenvalue weighted by Gasteiger charge is 2.28. The van der Waals surface area contributed by atoms with Crippen molar-refractivity contribution in [1.29, 1.82) is 5.26 Å². The average Bonchev–Trinajstić information content (AvgIpc) is 3.67. The van der Waals surface area contributed by atoms with Gasteiger partial charge in [0.2, 0.25) is 0 Å². The van der Waals surface area contributed by atoms with Crippen molar-refractivity contribution in [3.05, 3.63) is 81.4 Å². The van der Waals surface area contributed by atoms with Gasteiger partial charge in [0.05, 0.1) is 39.3 Å². The molecule has 6 rings (SSSR count). The molecule has 0 unspecified atom stereocenters. The summed E-state index contributed by atoms with van der Waals surface area (Å²) < 4.78 is 3.62. The van der Waals surface area contributed by atoms with Crippen LogP contribution in [0.2, 0.25) is 5.02 Å². The molecule has 2 amide bonds. The van der Waals surface area contributed by atoms with Gasteiger partial charge >= 0.3 is 5.97 Å². The summed E-state index contributed by atoms with van der Waals surface area (Å²) in [6.45, 7) is 7.88. The maximum atomic E-state index is 13.7. The highest BCUT2D eigenvalue weighted by molar-refractivity contribution is 6.36. The Kier molecular flexibility index (Phi) is 11.6. The van der Waals surface area contributed by atoms with E-state index < -0.39 is 11.9 Å². The van der Waals surface area contributed by atoms with E-state index in [1.165, 1.54) is 0 Å². The Morgan fingerprint density at radius 3 is 2.26 bits per heavy atom. The van der Waals surface area contributed by atoms with Gasteiger partial charge in [-0.3, -0.25) is 19.3 Å². The molecule has 2 aromatic heterocycles. The Hall–Kier alpha value is -5.03. The van der Waals surface area contributed by atoms with E-state index in [4.69, 9.17) is 16.6 Å². The molecule has 0 bridgehead atoms. The van der Waals surface area contributed by atoms with E-state index in [9.17, 15) is 24.8 Å². The van der Waals surface area contributed by atoms with Crippen molar-refractivity contribution in [3.8, 4) is 17.2 Å². The van der Waals surface area contributed by atoms with Gasteiger partial charge in [-0.25, -0.2) is 9.97 Å². The third kappa shape index (κ3) is 7.85. The number of hydrogen-bond donors (Lipinski definition) is 4. The Labute approximate surface area is 314 Å². The van der Waals surface area contributed by atoms with E-state index in [0.29, 0.717) is 66.6 Å². The predicted molar refractivity (Wildman–Crippen MR) is 203 cm³/mol. The number of rotatable bonds is 12. The normalized spacial score (nSPS) is 17.2. The number of halogens is 1. The van der Waals surface area contributed by atoms with Crippen molar-refractivity contribution in [2.75, 3.05) is 30.3 Å². The number of anilines is 2. The smallest absolute Gasteiger partial charge is 0.306 e. The molecule has 0 radical (unpaired) electrons. The molecule has 2 aliphatic rings. The second-order valence-electron chi connectivity index (χ2n) is 13.9. The maximum absolute atomic E-state index is 13.7. The van der Waals surface area contributed by atoms with Crippen molar-refractivity contribution < 1.29 is 19.5 Å². The molecule has 4 aromatic rings. The number of aromatic nitrogens is 4. The number of fused-ring (bicyclic) bond motifs is 1. The van der Waals surface area contributed by atoms with Gasteiger partial charge in [-0.15, -0.1) is 0 Å². The highest BCUT2D eigenvalue weighted by Crippen LogP contribution is 2.38. The first kappa shape index (κ1) is 37.7. The number of carbonyl (C=O) groups is 3. The first-order chi connectivity index (χ1) is 25.5. The predicted octanol–water partition coefficient (Wildman–Crippen LogP) is 5.77. The molecule has 1 saturated carbocycles. The molecule has 1 aliphatic heterocycles. The minimum atomic E-state index is -0.710. The fourth-order valence-corrected chi connectivity index (χ4v) is 7.91. The Bertz CT molecular complexity index is 2070. The molecule has 13 nitrogen and oxygen atoms in total. The molecular formula is C39H46ClN9O4. The van der Waals surface area contributed by atoms with E-state index >= 15 is 0 Å². The number of nitriles is 1. The summed E-state index contributed by atoms with van der Waals surface area (Å²) in [4.78, 5) is 50.1. The van der Waals surface area contributed by atoms with E-state index in [-0.39, 0.29) is 28.2 Å². The van der Waals surface area contributed by atoms with Crippen LogP contribution in [0, 0.1) is 23.2 Å². The van der Waals surface area contributed by atoms with Gasteiger partial charge in [-0.1, -0.05) is 49.7 Å². The van der Waals surface area contributed by atoms with Gasteiger partial charge in [-0.2, -0.15) is 5.26 Å². The third-order valence-electron chi connectivity index (χ3n) is 10.7. The molecule has 1 fully saturated rings. The Morgan fingerprint density at radius 1 is 0.943 bits per heavy atom. The standard InChI is InChI=1S/C39H46ClN9O4/c1-5-32-30(21-42-20-23-13-15-24(16-14-23)39(52)53)43-35(47(32)3)37(50)45-28-11-7-9-25(27(28)19-41)26-10-8-12-29(34(26)40)46-38(51)36-44-31-22-49(6-2)18-17-33(31)48(36)4/h7-12,23-24,42H,5-6,13-18,20-22H2,1-4H3,(H,45,50)(H,46,51)(H,52,53)/t23-,24-. The van der Waals surface area contributed by atoms with Crippen LogP contribution in [-0.4, -0.2) is 66.5 Å². The summed E-state index contributed by atoms with van der Waals surface area (Å²) in [7, 11) is 3.66. The Morgan fingerprint density at radius 2 is 1.60 bits per heavy atom. The summed E-state index contributed by atoms with van der Waals surface area (Å²) >= 11 is 6.92. The molecule has 0 saturated heterocycles. The number of hydrogen-bond acceptors (Lipinski definition) is 8. The van der Waals surface area contributed by atoms with Crippen molar-refractivity contribution in [2.24, 2.45) is 25.9 Å². The average molecular weight is 740 g/mol. The zero-order valence-electron chi connectivity index (χ0n) is 30.6. The SMILES string of the molecule is CCc1c(CNC[C@H]2CC[C@H](C(=O)O)CC2)nc(C(=O)Nc2cccc(-c3cccc(NC(=O)c4nc5c(n4C)CCN(CC)C5)c3Cl)c2C#N)n1C. The number of amides is 2. The number of carboxylic acid groups (broad SMARTS) is 1. The van der Waals surface area contributed by atoms with Crippen molar-refractivity contribution in [1.82, 2.24) is 29.3 Å². The van der Waals surface area contributed by atoms with E-state index in [1.54, 1.807) is 48.0 Å². The summed E-state index contributed by atoms with van der Waals surface area (Å²) in [6, 6.07) is 12.6. The van der Waals surface area contributed by atoms with Crippen LogP contribution in [-0.2, 0) is 44.8 Å². The minimum Gasteiger partial charge on any atom is -0.481 e. The van der Waals surface area contributed by atoms with E-state index in [0.717, 1.165) is 61.7 Å². The number of carbonyl (C=O) groups excluding carboxylic acids is 2. The topological polar surface area (TPSA) is 170 Å². The molecule has 0 spiro atoms. The number of likely N-dealkylation sites (N-methyl/N-ethyl adjacent to an activating group) is 1. The molecule has 3 heterocycles. The van der Waals surface area contributed by atoms with Crippen molar-refractivity contribution >= 4 is 40.8 Å².